The molecule has 1 aliphatic heterocycles. The number of hydrazone groups is 1. The molecule has 0 saturated carbocycles. The van der Waals surface area contributed by atoms with Crippen LogP contribution in [0, 0.1) is 6.92 Å². The van der Waals surface area contributed by atoms with E-state index in [1.165, 1.54) is 18.2 Å². The summed E-state index contributed by atoms with van der Waals surface area (Å²) in [4.78, 5) is 103. The molecule has 0 atom stereocenters. The van der Waals surface area contributed by atoms with Crippen molar-refractivity contribution in [2.24, 2.45) is 10.1 Å². The highest BCUT2D eigenvalue weighted by molar-refractivity contribution is 6.91. The summed E-state index contributed by atoms with van der Waals surface area (Å²) >= 11 is 25.3. The Kier molecular flexibility index (Phi) is 11.6. The molecule has 0 spiro atoms. The van der Waals surface area contributed by atoms with Crippen LogP contribution in [0.5, 0.6) is 0 Å². The second kappa shape index (κ2) is 15.5. The van der Waals surface area contributed by atoms with Gasteiger partial charge in [0, 0.05) is 24.3 Å². The number of amides is 3. The molecule has 3 amide bonds. The third-order valence-corrected chi connectivity index (χ3v) is 8.21. The fraction of sp³-hybridized carbons (Fsp3) is 0.125. The van der Waals surface area contributed by atoms with Gasteiger partial charge in [0.15, 0.2) is 17.8 Å². The molecule has 18 heteroatoms. The lowest BCUT2D eigenvalue weighted by Crippen LogP contribution is -2.43. The Balaban J connectivity index is 1.79. The first-order valence-corrected chi connectivity index (χ1v) is 15.6. The average molecular weight is 760 g/mol. The Hall–Kier alpha value is -5.28. The van der Waals surface area contributed by atoms with Gasteiger partial charge in [-0.05, 0) is 67.9 Å². The van der Waals surface area contributed by atoms with Gasteiger partial charge < -0.3 is 10.2 Å². The zero-order valence-electron chi connectivity index (χ0n) is 26.0. The summed E-state index contributed by atoms with van der Waals surface area (Å²) in [6.07, 6.45) is -0.636. The summed E-state index contributed by atoms with van der Waals surface area (Å²) in [5.41, 5.74) is 1.31. The number of ketones is 4. The van der Waals surface area contributed by atoms with E-state index in [1.54, 1.807) is 13.0 Å². The molecule has 256 valence electrons. The maximum Gasteiger partial charge on any atom is 0.309 e. The lowest BCUT2D eigenvalue weighted by atomic mass is 10.1. The molecule has 0 saturated heterocycles. The van der Waals surface area contributed by atoms with Crippen LogP contribution in [0.25, 0.3) is 0 Å². The Morgan fingerprint density at radius 3 is 2.10 bits per heavy atom. The van der Waals surface area contributed by atoms with Gasteiger partial charge in [0.25, 0.3) is 23.1 Å². The van der Waals surface area contributed by atoms with Crippen LogP contribution in [-0.2, 0) is 38.4 Å². The second-order valence-electron chi connectivity index (χ2n) is 10.3. The molecule has 3 aromatic rings. The van der Waals surface area contributed by atoms with Crippen molar-refractivity contribution < 1.29 is 38.4 Å². The number of hydrogen-bond acceptors (Lipinski definition) is 12. The van der Waals surface area contributed by atoms with E-state index < -0.39 is 41.2 Å². The van der Waals surface area contributed by atoms with E-state index in [0.29, 0.717) is 11.3 Å². The van der Waals surface area contributed by atoms with Gasteiger partial charge in [0.05, 0.1) is 32.1 Å². The number of halogens is 4. The van der Waals surface area contributed by atoms with Gasteiger partial charge in [-0.3, -0.25) is 38.4 Å². The van der Waals surface area contributed by atoms with Crippen LogP contribution < -0.4 is 20.1 Å². The average Bonchev–Trinajstić information content (AvgIpc) is 3.37. The number of carbonyl (C=O) groups excluding carboxylic acids is 8. The SMILES string of the molecule is CCN(C)c1ccc(/N=C2\C(=O)N(c3c(Cl)cc(Cl)cc3Cl)N=C2Nc2cc(N(C=O)C(=O)C(=O)C(=O)C(=O)C(=O)C=O)ccc2Cl)c(C)c1. The molecule has 1 heterocycles. The van der Waals surface area contributed by atoms with Crippen LogP contribution in [-0.4, -0.2) is 72.8 Å². The number of rotatable bonds is 12. The van der Waals surface area contributed by atoms with Crippen LogP contribution in [0.1, 0.15) is 12.5 Å². The molecular formula is C32H22Cl4N6O8. The van der Waals surface area contributed by atoms with E-state index in [1.807, 2.05) is 31.0 Å². The number of hydrogen-bond donors (Lipinski definition) is 1. The van der Waals surface area contributed by atoms with E-state index in [-0.39, 0.29) is 60.0 Å². The minimum atomic E-state index is -2.12. The Morgan fingerprint density at radius 2 is 1.52 bits per heavy atom. The Labute approximate surface area is 303 Å². The molecule has 0 aromatic heterocycles. The van der Waals surface area contributed by atoms with Gasteiger partial charge in [-0.25, -0.2) is 9.89 Å². The molecule has 0 bridgehead atoms. The van der Waals surface area contributed by atoms with E-state index in [4.69, 9.17) is 46.4 Å². The van der Waals surface area contributed by atoms with Crippen molar-refractivity contribution in [3.63, 3.8) is 0 Å². The van der Waals surface area contributed by atoms with Gasteiger partial charge in [-0.2, -0.15) is 5.01 Å². The quantitative estimate of drug-likeness (QED) is 0.156. The number of amidine groups is 1. The number of anilines is 4. The highest BCUT2D eigenvalue weighted by Gasteiger charge is 2.38. The van der Waals surface area contributed by atoms with Gasteiger partial charge in [0.2, 0.25) is 6.41 Å². The summed E-state index contributed by atoms with van der Waals surface area (Å²) in [5, 5.41) is 8.18. The summed E-state index contributed by atoms with van der Waals surface area (Å²) in [6.45, 7) is 4.51. The highest BCUT2D eigenvalue weighted by atomic mass is 35.5. The first-order chi connectivity index (χ1) is 23.6. The number of aliphatic imine (C=N–C) groups is 1. The molecule has 4 rings (SSSR count). The number of carbonyl (C=O) groups is 8. The summed E-state index contributed by atoms with van der Waals surface area (Å²) in [5.74, 6) is -10.9. The Morgan fingerprint density at radius 1 is 0.880 bits per heavy atom. The second-order valence-corrected chi connectivity index (χ2v) is 11.9. The van der Waals surface area contributed by atoms with Crippen LogP contribution in [0.4, 0.5) is 28.4 Å². The van der Waals surface area contributed by atoms with Crippen molar-refractivity contribution in [3.8, 4) is 0 Å². The minimum absolute atomic E-state index is 0.0176. The van der Waals surface area contributed by atoms with Crippen molar-refractivity contribution in [2.75, 3.05) is 33.7 Å². The van der Waals surface area contributed by atoms with Gasteiger partial charge in [0.1, 0.15) is 5.69 Å². The molecule has 1 N–H and O–H groups in total. The van der Waals surface area contributed by atoms with Crippen LogP contribution in [0.2, 0.25) is 20.1 Å². The maximum absolute atomic E-state index is 13.9. The first-order valence-electron chi connectivity index (χ1n) is 14.1. The summed E-state index contributed by atoms with van der Waals surface area (Å²) in [7, 11) is 1.91. The molecule has 3 aromatic carbocycles. The molecule has 50 heavy (non-hydrogen) atoms. The standard InChI is InChI=1S/C32H22Cl4N6O8/c1-4-40(3)17-6-8-22(15(2)9-17)37-25-30(39-42(31(25)49)26-20(35)10-16(33)11-21(26)36)38-23-12-18(5-7-19(23)34)41(14-44)32(50)29(48)28(47)27(46)24(45)13-43/h5-14H,4H2,1-3H3,(H,38,39)/b37-25-. The minimum Gasteiger partial charge on any atom is -0.375 e. The molecule has 0 fully saturated rings. The number of aryl methyl sites for hydroxylation is 1. The monoisotopic (exact) mass is 758 g/mol. The zero-order chi connectivity index (χ0) is 37.0. The third kappa shape index (κ3) is 7.63. The molecule has 14 nitrogen and oxygen atoms in total. The van der Waals surface area contributed by atoms with E-state index >= 15 is 0 Å². The van der Waals surface area contributed by atoms with Crippen molar-refractivity contribution in [2.45, 2.75) is 13.8 Å². The van der Waals surface area contributed by atoms with Crippen molar-refractivity contribution >= 4 is 134 Å². The fourth-order valence-electron chi connectivity index (χ4n) is 4.36. The highest BCUT2D eigenvalue weighted by Crippen LogP contribution is 2.39. The lowest BCUT2D eigenvalue weighted by Gasteiger charge is -2.18. The van der Waals surface area contributed by atoms with Crippen LogP contribution in [0.15, 0.2) is 58.6 Å². The molecule has 0 aliphatic carbocycles. The predicted molar refractivity (Wildman–Crippen MR) is 188 cm³/mol. The smallest absolute Gasteiger partial charge is 0.309 e. The normalized spacial score (nSPS) is 13.1. The number of nitrogens with one attached hydrogen (secondary N) is 1. The van der Waals surface area contributed by atoms with Crippen LogP contribution >= 0.6 is 46.4 Å². The number of aldehydes is 1. The van der Waals surface area contributed by atoms with Crippen molar-refractivity contribution in [1.82, 2.24) is 0 Å². The predicted octanol–water partition coefficient (Wildman–Crippen LogP) is 4.57. The third-order valence-electron chi connectivity index (χ3n) is 7.08. The number of imide groups is 1. The van der Waals surface area contributed by atoms with Crippen molar-refractivity contribution in [1.29, 1.82) is 0 Å². The molecular weight excluding hydrogens is 738 g/mol. The number of benzene rings is 3. The maximum atomic E-state index is 13.9. The summed E-state index contributed by atoms with van der Waals surface area (Å²) < 4.78 is 0. The fourth-order valence-corrected chi connectivity index (χ4v) is 5.50. The largest absolute Gasteiger partial charge is 0.375 e. The van der Waals surface area contributed by atoms with E-state index in [9.17, 15) is 38.4 Å². The van der Waals surface area contributed by atoms with E-state index in [2.05, 4.69) is 15.4 Å². The molecule has 0 unspecified atom stereocenters. The van der Waals surface area contributed by atoms with Crippen molar-refractivity contribution in [3.05, 3.63) is 74.2 Å². The topological polar surface area (TPSA) is 183 Å². The van der Waals surface area contributed by atoms with Gasteiger partial charge in [-0.1, -0.05) is 46.4 Å². The Bertz CT molecular complexity index is 2060. The molecule has 0 radical (unpaired) electrons. The zero-order valence-corrected chi connectivity index (χ0v) is 29.0. The van der Waals surface area contributed by atoms with E-state index in [0.717, 1.165) is 29.4 Å². The lowest BCUT2D eigenvalue weighted by molar-refractivity contribution is -0.151. The van der Waals surface area contributed by atoms with Gasteiger partial charge >= 0.3 is 11.8 Å². The number of Topliss-reactive ketones (excluding diaryl/α,β-unsaturated/α-hetero) is 4. The van der Waals surface area contributed by atoms with Crippen LogP contribution in [0.3, 0.4) is 0 Å². The summed E-state index contributed by atoms with van der Waals surface area (Å²) in [6, 6.07) is 11.5. The van der Waals surface area contributed by atoms with Gasteiger partial charge in [-0.15, -0.1) is 5.10 Å². The first kappa shape index (κ1) is 37.5. The molecule has 1 aliphatic rings. The number of nitrogens with zero attached hydrogens (tertiary/aromatic N) is 5.